The van der Waals surface area contributed by atoms with E-state index < -0.39 is 10.0 Å². The highest BCUT2D eigenvalue weighted by atomic mass is 32.2. The average Bonchev–Trinajstić information content (AvgIpc) is 2.56. The Hall–Kier alpha value is -1.92. The van der Waals surface area contributed by atoms with E-state index in [4.69, 9.17) is 4.74 Å². The monoisotopic (exact) mass is 332 g/mol. The van der Waals surface area contributed by atoms with Crippen LogP contribution in [-0.2, 0) is 10.0 Å². The second-order valence-corrected chi connectivity index (χ2v) is 7.70. The molecule has 0 atom stereocenters. The number of ether oxygens (including phenoxy) is 1. The van der Waals surface area contributed by atoms with Gasteiger partial charge in [-0.3, -0.25) is 0 Å². The van der Waals surface area contributed by atoms with Crippen molar-refractivity contribution in [2.45, 2.75) is 24.8 Å². The molecule has 1 aliphatic rings. The van der Waals surface area contributed by atoms with Crippen molar-refractivity contribution in [2.75, 3.05) is 13.1 Å². The largest absolute Gasteiger partial charge is 0.439 e. The predicted molar refractivity (Wildman–Crippen MR) is 87.9 cm³/mol. The number of sulfonamides is 1. The first-order valence-electron chi connectivity index (χ1n) is 7.76. The highest BCUT2D eigenvalue weighted by Gasteiger charge is 2.29. The van der Waals surface area contributed by atoms with E-state index >= 15 is 0 Å². The molecule has 2 heterocycles. The summed E-state index contributed by atoms with van der Waals surface area (Å²) in [7, 11) is -3.56. The first kappa shape index (κ1) is 16.0. The summed E-state index contributed by atoms with van der Waals surface area (Å²) in [5, 5.41) is 0.0421. The van der Waals surface area contributed by atoms with Gasteiger partial charge in [-0.1, -0.05) is 31.2 Å². The fourth-order valence-electron chi connectivity index (χ4n) is 2.56. The first-order chi connectivity index (χ1) is 11.1. The zero-order valence-electron chi connectivity index (χ0n) is 13.1. The van der Waals surface area contributed by atoms with E-state index in [-0.39, 0.29) is 10.9 Å². The summed E-state index contributed by atoms with van der Waals surface area (Å²) in [5.74, 6) is 1.48. The van der Waals surface area contributed by atoms with Gasteiger partial charge in [-0.15, -0.1) is 0 Å². The van der Waals surface area contributed by atoms with Gasteiger partial charge in [-0.25, -0.2) is 8.42 Å². The van der Waals surface area contributed by atoms with Gasteiger partial charge in [-0.2, -0.15) is 9.29 Å². The van der Waals surface area contributed by atoms with Crippen LogP contribution in [-0.4, -0.2) is 30.8 Å². The molecule has 1 aliphatic heterocycles. The van der Waals surface area contributed by atoms with E-state index in [1.165, 1.54) is 10.4 Å². The summed E-state index contributed by atoms with van der Waals surface area (Å²) in [4.78, 5) is 4.18. The summed E-state index contributed by atoms with van der Waals surface area (Å²) in [6, 6.07) is 14.0. The maximum Gasteiger partial charge on any atom is 0.260 e. The molecular formula is C17H20N2O3S. The molecule has 0 bridgehead atoms. The van der Waals surface area contributed by atoms with Crippen molar-refractivity contribution in [3.63, 3.8) is 0 Å². The molecule has 0 aliphatic carbocycles. The number of pyridine rings is 1. The predicted octanol–water partition coefficient (Wildman–Crippen LogP) is 3.29. The number of aromatic nitrogens is 1. The molecule has 23 heavy (non-hydrogen) atoms. The van der Waals surface area contributed by atoms with Crippen molar-refractivity contribution in [2.24, 2.45) is 5.92 Å². The van der Waals surface area contributed by atoms with Crippen LogP contribution in [0.2, 0.25) is 0 Å². The second-order valence-electron chi connectivity index (χ2n) is 5.82. The Kier molecular flexibility index (Phi) is 4.63. The van der Waals surface area contributed by atoms with Crippen molar-refractivity contribution in [3.8, 4) is 11.6 Å². The van der Waals surface area contributed by atoms with Crippen LogP contribution in [0.5, 0.6) is 11.6 Å². The molecule has 1 fully saturated rings. The maximum atomic E-state index is 12.7. The SMILES string of the molecule is CC1CCN(S(=O)(=O)c2cccc(Oc3ccccc3)n2)CC1. The third kappa shape index (κ3) is 3.71. The molecule has 3 rings (SSSR count). The first-order valence-corrected chi connectivity index (χ1v) is 9.20. The number of hydrogen-bond donors (Lipinski definition) is 0. The highest BCUT2D eigenvalue weighted by molar-refractivity contribution is 7.89. The van der Waals surface area contributed by atoms with Crippen molar-refractivity contribution >= 4 is 10.0 Å². The lowest BCUT2D eigenvalue weighted by Gasteiger charge is -2.29. The smallest absolute Gasteiger partial charge is 0.260 e. The number of rotatable bonds is 4. The Morgan fingerprint density at radius 2 is 1.74 bits per heavy atom. The summed E-state index contributed by atoms with van der Waals surface area (Å²) >= 11 is 0. The summed E-state index contributed by atoms with van der Waals surface area (Å²) in [6.07, 6.45) is 1.78. The van der Waals surface area contributed by atoms with E-state index in [9.17, 15) is 8.42 Å². The van der Waals surface area contributed by atoms with E-state index in [1.807, 2.05) is 18.2 Å². The minimum atomic E-state index is -3.56. The van der Waals surface area contributed by atoms with Gasteiger partial charge in [0, 0.05) is 19.2 Å². The fraction of sp³-hybridized carbons (Fsp3) is 0.353. The van der Waals surface area contributed by atoms with Crippen molar-refractivity contribution in [1.29, 1.82) is 0 Å². The van der Waals surface area contributed by atoms with Gasteiger partial charge >= 0.3 is 0 Å². The lowest BCUT2D eigenvalue weighted by atomic mass is 10.0. The fourth-order valence-corrected chi connectivity index (χ4v) is 3.98. The second kappa shape index (κ2) is 6.68. The lowest BCUT2D eigenvalue weighted by Crippen LogP contribution is -2.38. The molecule has 0 amide bonds. The molecule has 0 unspecified atom stereocenters. The highest BCUT2D eigenvalue weighted by Crippen LogP contribution is 2.25. The molecule has 6 heteroatoms. The Labute approximate surface area is 137 Å². The van der Waals surface area contributed by atoms with E-state index in [2.05, 4.69) is 11.9 Å². The molecular weight excluding hydrogens is 312 g/mol. The van der Waals surface area contributed by atoms with Crippen LogP contribution >= 0.6 is 0 Å². The molecule has 0 N–H and O–H groups in total. The van der Waals surface area contributed by atoms with Gasteiger partial charge in [-0.05, 0) is 37.0 Å². The normalized spacial score (nSPS) is 17.1. The summed E-state index contributed by atoms with van der Waals surface area (Å²) in [6.45, 7) is 3.25. The maximum absolute atomic E-state index is 12.7. The van der Waals surface area contributed by atoms with Crippen LogP contribution in [0.25, 0.3) is 0 Å². The molecule has 0 saturated carbocycles. The number of piperidine rings is 1. The zero-order valence-corrected chi connectivity index (χ0v) is 13.9. The van der Waals surface area contributed by atoms with Crippen LogP contribution in [0.3, 0.4) is 0 Å². The van der Waals surface area contributed by atoms with Gasteiger partial charge in [0.25, 0.3) is 10.0 Å². The Balaban J connectivity index is 1.81. The standard InChI is InChI=1S/C17H20N2O3S/c1-14-10-12-19(13-11-14)23(20,21)17-9-5-8-16(18-17)22-15-6-3-2-4-7-15/h2-9,14H,10-13H2,1H3. The number of nitrogens with zero attached hydrogens (tertiary/aromatic N) is 2. The van der Waals surface area contributed by atoms with Crippen molar-refractivity contribution in [1.82, 2.24) is 9.29 Å². The molecule has 0 radical (unpaired) electrons. The van der Waals surface area contributed by atoms with E-state index in [0.717, 1.165) is 12.8 Å². The van der Waals surface area contributed by atoms with Crippen LogP contribution in [0.15, 0.2) is 53.6 Å². The molecule has 1 saturated heterocycles. The summed E-state index contributed by atoms with van der Waals surface area (Å²) in [5.41, 5.74) is 0. The molecule has 1 aromatic heterocycles. The number of benzene rings is 1. The topological polar surface area (TPSA) is 59.5 Å². The third-order valence-electron chi connectivity index (χ3n) is 4.01. The minimum Gasteiger partial charge on any atom is -0.439 e. The average molecular weight is 332 g/mol. The van der Waals surface area contributed by atoms with E-state index in [1.54, 1.807) is 24.3 Å². The van der Waals surface area contributed by atoms with Gasteiger partial charge in [0.2, 0.25) is 5.88 Å². The van der Waals surface area contributed by atoms with Gasteiger partial charge in [0.15, 0.2) is 5.03 Å². The Morgan fingerprint density at radius 1 is 1.04 bits per heavy atom. The van der Waals surface area contributed by atoms with Crippen LogP contribution in [0, 0.1) is 5.92 Å². The van der Waals surface area contributed by atoms with Crippen LogP contribution in [0.4, 0.5) is 0 Å². The molecule has 2 aromatic rings. The van der Waals surface area contributed by atoms with Crippen LogP contribution < -0.4 is 4.74 Å². The molecule has 0 spiro atoms. The minimum absolute atomic E-state index is 0.0421. The molecule has 5 nitrogen and oxygen atoms in total. The third-order valence-corrected chi connectivity index (χ3v) is 5.81. The lowest BCUT2D eigenvalue weighted by molar-refractivity contribution is 0.287. The Bertz CT molecular complexity index is 754. The Morgan fingerprint density at radius 3 is 2.43 bits per heavy atom. The molecule has 122 valence electrons. The van der Waals surface area contributed by atoms with Gasteiger partial charge < -0.3 is 4.74 Å². The van der Waals surface area contributed by atoms with Gasteiger partial charge in [0.1, 0.15) is 5.75 Å². The quantitative estimate of drug-likeness (QED) is 0.862. The van der Waals surface area contributed by atoms with Crippen molar-refractivity contribution in [3.05, 3.63) is 48.5 Å². The zero-order chi connectivity index (χ0) is 16.3. The van der Waals surface area contributed by atoms with Crippen molar-refractivity contribution < 1.29 is 13.2 Å². The van der Waals surface area contributed by atoms with Crippen LogP contribution in [0.1, 0.15) is 19.8 Å². The molecule has 1 aromatic carbocycles. The van der Waals surface area contributed by atoms with Gasteiger partial charge in [0.05, 0.1) is 0 Å². The number of hydrogen-bond acceptors (Lipinski definition) is 4. The van der Waals surface area contributed by atoms with E-state index in [0.29, 0.717) is 24.8 Å². The summed E-state index contributed by atoms with van der Waals surface area (Å²) < 4.78 is 32.6. The number of para-hydroxylation sites is 1.